The van der Waals surface area contributed by atoms with Crippen LogP contribution in [0.15, 0.2) is 30.3 Å². The molecule has 2 amide bonds. The van der Waals surface area contributed by atoms with Crippen molar-refractivity contribution in [3.05, 3.63) is 39.5 Å². The molecule has 0 saturated carbocycles. The first kappa shape index (κ1) is 24.7. The van der Waals surface area contributed by atoms with E-state index in [1.165, 1.54) is 11.3 Å². The van der Waals surface area contributed by atoms with E-state index < -0.39 is 12.5 Å². The summed E-state index contributed by atoms with van der Waals surface area (Å²) in [6.45, 7) is 4.13. The van der Waals surface area contributed by atoms with Gasteiger partial charge in [-0.2, -0.15) is 0 Å². The molecule has 2 fully saturated rings. The molecule has 2 aliphatic heterocycles. The second-order valence-electron chi connectivity index (χ2n) is 8.54. The SMILES string of the molecule is CCCC(=O)Nc1cc(N2CC(CNC(=O)c3ccc(Cl)s3)OC2O)ccc1N1CCC(N)C1. The first-order chi connectivity index (χ1) is 16.3. The van der Waals surface area contributed by atoms with Crippen LogP contribution < -0.4 is 26.2 Å². The number of carbonyl (C=O) groups is 2. The molecule has 2 aliphatic rings. The number of hydrogen-bond acceptors (Lipinski definition) is 8. The quantitative estimate of drug-likeness (QED) is 0.433. The second kappa shape index (κ2) is 10.9. The van der Waals surface area contributed by atoms with Crippen LogP contribution in [0.2, 0.25) is 4.34 Å². The Morgan fingerprint density at radius 1 is 1.29 bits per heavy atom. The number of aliphatic hydroxyl groups is 1. The number of nitrogens with zero attached hydrogens (tertiary/aromatic N) is 2. The van der Waals surface area contributed by atoms with Crippen molar-refractivity contribution in [1.82, 2.24) is 5.32 Å². The summed E-state index contributed by atoms with van der Waals surface area (Å²) in [5.41, 5.74) is 8.40. The minimum atomic E-state index is -1.16. The highest BCUT2D eigenvalue weighted by molar-refractivity contribution is 7.18. The Balaban J connectivity index is 1.45. The molecule has 1 aromatic heterocycles. The number of ether oxygens (including phenoxy) is 1. The van der Waals surface area contributed by atoms with Gasteiger partial charge in [0, 0.05) is 37.8 Å². The summed E-state index contributed by atoms with van der Waals surface area (Å²) in [6.07, 6.45) is 0.509. The third-order valence-electron chi connectivity index (χ3n) is 5.90. The Bertz CT molecular complexity index is 1030. The zero-order valence-electron chi connectivity index (χ0n) is 19.0. The van der Waals surface area contributed by atoms with Gasteiger partial charge in [-0.3, -0.25) is 9.59 Å². The summed E-state index contributed by atoms with van der Waals surface area (Å²) >= 11 is 7.10. The Kier molecular flexibility index (Phi) is 7.95. The third kappa shape index (κ3) is 5.81. The zero-order valence-corrected chi connectivity index (χ0v) is 20.6. The molecule has 3 unspecified atom stereocenters. The lowest BCUT2D eigenvalue weighted by Gasteiger charge is -2.26. The Morgan fingerprint density at radius 3 is 2.79 bits per heavy atom. The molecule has 3 heterocycles. The fourth-order valence-corrected chi connectivity index (χ4v) is 5.16. The summed E-state index contributed by atoms with van der Waals surface area (Å²) in [6, 6.07) is 9.15. The first-order valence-corrected chi connectivity index (χ1v) is 12.6. The number of hydrogen-bond donors (Lipinski definition) is 4. The van der Waals surface area contributed by atoms with Crippen LogP contribution in [0.25, 0.3) is 0 Å². The molecule has 2 saturated heterocycles. The molecule has 3 atom stereocenters. The number of anilines is 3. The molecule has 0 bridgehead atoms. The molecule has 9 nitrogen and oxygen atoms in total. The highest BCUT2D eigenvalue weighted by atomic mass is 35.5. The van der Waals surface area contributed by atoms with Gasteiger partial charge in [-0.25, -0.2) is 0 Å². The van der Waals surface area contributed by atoms with Crippen LogP contribution in [-0.4, -0.2) is 61.7 Å². The molecule has 0 radical (unpaired) electrons. The summed E-state index contributed by atoms with van der Waals surface area (Å²) in [5.74, 6) is -0.292. The second-order valence-corrected chi connectivity index (χ2v) is 10.3. The summed E-state index contributed by atoms with van der Waals surface area (Å²) < 4.78 is 6.20. The molecule has 34 heavy (non-hydrogen) atoms. The van der Waals surface area contributed by atoms with Crippen molar-refractivity contribution in [2.75, 3.05) is 41.3 Å². The molecule has 1 aromatic carbocycles. The number of thiophene rings is 1. The number of rotatable bonds is 8. The predicted octanol–water partition coefficient (Wildman–Crippen LogP) is 2.59. The highest BCUT2D eigenvalue weighted by Crippen LogP contribution is 2.35. The van der Waals surface area contributed by atoms with Gasteiger partial charge in [0.05, 0.1) is 33.2 Å². The Morgan fingerprint density at radius 2 is 2.12 bits per heavy atom. The Labute approximate surface area is 207 Å². The van der Waals surface area contributed by atoms with Gasteiger partial charge >= 0.3 is 0 Å². The molecule has 0 aliphatic carbocycles. The van der Waals surface area contributed by atoms with Crippen LogP contribution >= 0.6 is 22.9 Å². The number of aliphatic hydroxyl groups excluding tert-OH is 1. The van der Waals surface area contributed by atoms with E-state index >= 15 is 0 Å². The first-order valence-electron chi connectivity index (χ1n) is 11.4. The number of benzene rings is 1. The fourth-order valence-electron chi connectivity index (χ4n) is 4.20. The molecule has 184 valence electrons. The van der Waals surface area contributed by atoms with E-state index in [1.807, 2.05) is 25.1 Å². The molecule has 11 heteroatoms. The maximum atomic E-state index is 12.4. The maximum Gasteiger partial charge on any atom is 0.261 e. The van der Waals surface area contributed by atoms with E-state index in [0.29, 0.717) is 33.6 Å². The monoisotopic (exact) mass is 507 g/mol. The Hall–Kier alpha value is -2.37. The largest absolute Gasteiger partial charge is 0.368 e. The van der Waals surface area contributed by atoms with E-state index in [2.05, 4.69) is 15.5 Å². The van der Waals surface area contributed by atoms with Gasteiger partial charge in [-0.05, 0) is 43.2 Å². The van der Waals surface area contributed by atoms with E-state index in [4.69, 9.17) is 22.1 Å². The van der Waals surface area contributed by atoms with E-state index in [1.54, 1.807) is 17.0 Å². The zero-order chi connectivity index (χ0) is 24.2. The number of carbonyl (C=O) groups excluding carboxylic acids is 2. The number of nitrogens with one attached hydrogen (secondary N) is 2. The van der Waals surface area contributed by atoms with Gasteiger partial charge < -0.3 is 36.0 Å². The number of nitrogens with two attached hydrogens (primary N) is 1. The maximum absolute atomic E-state index is 12.4. The van der Waals surface area contributed by atoms with Crippen molar-refractivity contribution in [2.45, 2.75) is 44.7 Å². The van der Waals surface area contributed by atoms with Crippen molar-refractivity contribution in [2.24, 2.45) is 5.73 Å². The molecule has 0 spiro atoms. The minimum Gasteiger partial charge on any atom is -0.368 e. The third-order valence-corrected chi connectivity index (χ3v) is 7.13. The van der Waals surface area contributed by atoms with Crippen molar-refractivity contribution in [1.29, 1.82) is 0 Å². The molecule has 4 rings (SSSR count). The van der Waals surface area contributed by atoms with Crippen molar-refractivity contribution in [3.8, 4) is 0 Å². The smallest absolute Gasteiger partial charge is 0.261 e. The minimum absolute atomic E-state index is 0.0584. The summed E-state index contributed by atoms with van der Waals surface area (Å²) in [5, 5.41) is 16.4. The van der Waals surface area contributed by atoms with Crippen molar-refractivity contribution >= 4 is 51.8 Å². The average Bonchev–Trinajstić information content (AvgIpc) is 3.52. The lowest BCUT2D eigenvalue weighted by Crippen LogP contribution is -2.34. The van der Waals surface area contributed by atoms with Crippen LogP contribution in [0, 0.1) is 0 Å². The lowest BCUT2D eigenvalue weighted by atomic mass is 10.2. The number of halogens is 1. The van der Waals surface area contributed by atoms with Gasteiger partial charge in [-0.1, -0.05) is 18.5 Å². The van der Waals surface area contributed by atoms with Gasteiger partial charge in [0.25, 0.3) is 5.91 Å². The highest BCUT2D eigenvalue weighted by Gasteiger charge is 2.33. The van der Waals surface area contributed by atoms with E-state index in [0.717, 1.165) is 31.6 Å². The molecular weight excluding hydrogens is 478 g/mol. The molecular formula is C23H30ClN5O4S. The van der Waals surface area contributed by atoms with Crippen LogP contribution in [0.4, 0.5) is 17.1 Å². The van der Waals surface area contributed by atoms with E-state index in [9.17, 15) is 14.7 Å². The number of amides is 2. The normalized spacial score (nSPS) is 22.3. The lowest BCUT2D eigenvalue weighted by molar-refractivity contribution is -0.116. The van der Waals surface area contributed by atoms with Crippen LogP contribution in [-0.2, 0) is 9.53 Å². The summed E-state index contributed by atoms with van der Waals surface area (Å²) in [7, 11) is 0. The average molecular weight is 508 g/mol. The molecule has 2 aromatic rings. The molecule has 5 N–H and O–H groups in total. The van der Waals surface area contributed by atoms with Crippen LogP contribution in [0.1, 0.15) is 35.9 Å². The van der Waals surface area contributed by atoms with E-state index in [-0.39, 0.29) is 24.4 Å². The van der Waals surface area contributed by atoms with Crippen molar-refractivity contribution < 1.29 is 19.4 Å². The van der Waals surface area contributed by atoms with Gasteiger partial charge in [0.2, 0.25) is 12.3 Å². The van der Waals surface area contributed by atoms with Gasteiger partial charge in [0.1, 0.15) is 0 Å². The van der Waals surface area contributed by atoms with Crippen molar-refractivity contribution in [3.63, 3.8) is 0 Å². The van der Waals surface area contributed by atoms with Crippen LogP contribution in [0.3, 0.4) is 0 Å². The predicted molar refractivity (Wildman–Crippen MR) is 135 cm³/mol. The van der Waals surface area contributed by atoms with Gasteiger partial charge in [-0.15, -0.1) is 11.3 Å². The topological polar surface area (TPSA) is 120 Å². The fraction of sp³-hybridized carbons (Fsp3) is 0.478. The summed E-state index contributed by atoms with van der Waals surface area (Å²) in [4.78, 5) is 29.1. The van der Waals surface area contributed by atoms with Crippen LogP contribution in [0.5, 0.6) is 0 Å². The standard InChI is InChI=1S/C23H30ClN5O4S/c1-2-3-21(30)27-17-10-15(4-5-18(17)28-9-8-14(25)12-28)29-13-16(33-23(29)32)11-26-22(31)19-6-7-20(24)34-19/h4-7,10,14,16,23,32H,2-3,8-9,11-13,25H2,1H3,(H,26,31)(H,27,30). The van der Waals surface area contributed by atoms with Gasteiger partial charge in [0.15, 0.2) is 0 Å².